The molecule has 30 heavy (non-hydrogen) atoms. The van der Waals surface area contributed by atoms with Gasteiger partial charge >= 0.3 is 0 Å². The fourth-order valence-corrected chi connectivity index (χ4v) is 3.36. The molecule has 2 amide bonds. The summed E-state index contributed by atoms with van der Waals surface area (Å²) in [5.74, 6) is -0.508. The number of aromatic nitrogens is 2. The third-order valence-electron chi connectivity index (χ3n) is 4.79. The second kappa shape index (κ2) is 8.21. The minimum absolute atomic E-state index is 0.120. The number of anilines is 2. The van der Waals surface area contributed by atoms with Crippen LogP contribution in [0.15, 0.2) is 73.1 Å². The monoisotopic (exact) mass is 398 g/mol. The molecule has 0 bridgehead atoms. The Morgan fingerprint density at radius 3 is 2.60 bits per heavy atom. The fraction of sp³-hybridized carbons (Fsp3) is 0.125. The Hall–Kier alpha value is -3.93. The lowest BCUT2D eigenvalue weighted by molar-refractivity contribution is -0.115. The highest BCUT2D eigenvalue weighted by atomic mass is 16.2. The maximum absolute atomic E-state index is 12.8. The molecule has 0 saturated carbocycles. The summed E-state index contributed by atoms with van der Waals surface area (Å²) in [7, 11) is 0. The molecule has 0 aliphatic rings. The lowest BCUT2D eigenvalue weighted by Gasteiger charge is -2.11. The van der Waals surface area contributed by atoms with Crippen LogP contribution in [0.2, 0.25) is 0 Å². The van der Waals surface area contributed by atoms with E-state index >= 15 is 0 Å². The van der Waals surface area contributed by atoms with Crippen molar-refractivity contribution in [2.24, 2.45) is 0 Å². The van der Waals surface area contributed by atoms with Crippen LogP contribution in [0.4, 0.5) is 11.4 Å². The van der Waals surface area contributed by atoms with Crippen molar-refractivity contribution in [1.82, 2.24) is 9.38 Å². The van der Waals surface area contributed by atoms with Crippen LogP contribution < -0.4 is 10.6 Å². The molecule has 0 aliphatic carbocycles. The fourth-order valence-electron chi connectivity index (χ4n) is 3.36. The third-order valence-corrected chi connectivity index (χ3v) is 4.79. The Morgan fingerprint density at radius 1 is 0.967 bits per heavy atom. The van der Waals surface area contributed by atoms with Crippen LogP contribution in [0.3, 0.4) is 0 Å². The van der Waals surface area contributed by atoms with Crippen LogP contribution >= 0.6 is 0 Å². The molecule has 0 aliphatic heterocycles. The van der Waals surface area contributed by atoms with E-state index in [1.165, 1.54) is 0 Å². The Labute approximate surface area is 174 Å². The molecule has 150 valence electrons. The summed E-state index contributed by atoms with van der Waals surface area (Å²) in [5, 5.41) is 5.73. The van der Waals surface area contributed by atoms with Crippen molar-refractivity contribution < 1.29 is 9.59 Å². The highest BCUT2D eigenvalue weighted by molar-refractivity contribution is 6.10. The number of imidazole rings is 1. The summed E-state index contributed by atoms with van der Waals surface area (Å²) in [6, 6.07) is 18.5. The molecule has 0 saturated heterocycles. The lowest BCUT2D eigenvalue weighted by Crippen LogP contribution is -2.19. The molecule has 2 N–H and O–H groups in total. The zero-order valence-electron chi connectivity index (χ0n) is 16.8. The van der Waals surface area contributed by atoms with Gasteiger partial charge in [0, 0.05) is 18.1 Å². The average Bonchev–Trinajstić information content (AvgIpc) is 3.12. The van der Waals surface area contributed by atoms with E-state index in [2.05, 4.69) is 15.6 Å². The van der Waals surface area contributed by atoms with Gasteiger partial charge in [-0.1, -0.05) is 30.3 Å². The number of nitrogens with zero attached hydrogens (tertiary/aromatic N) is 2. The first-order valence-electron chi connectivity index (χ1n) is 9.70. The van der Waals surface area contributed by atoms with Gasteiger partial charge in [0.05, 0.1) is 23.4 Å². The van der Waals surface area contributed by atoms with Crippen molar-refractivity contribution in [3.63, 3.8) is 0 Å². The van der Waals surface area contributed by atoms with Crippen molar-refractivity contribution in [2.45, 2.75) is 20.3 Å². The number of rotatable bonds is 5. The zero-order valence-corrected chi connectivity index (χ0v) is 16.8. The van der Waals surface area contributed by atoms with Gasteiger partial charge in [0.1, 0.15) is 5.65 Å². The molecule has 0 unspecified atom stereocenters. The summed E-state index contributed by atoms with van der Waals surface area (Å²) in [6.07, 6.45) is 3.87. The van der Waals surface area contributed by atoms with Crippen molar-refractivity contribution in [3.05, 3.63) is 95.4 Å². The summed E-state index contributed by atoms with van der Waals surface area (Å²) < 4.78 is 1.90. The number of carbonyl (C=O) groups excluding carboxylic acids is 2. The first-order chi connectivity index (χ1) is 14.5. The second-order valence-corrected chi connectivity index (χ2v) is 7.25. The van der Waals surface area contributed by atoms with Crippen molar-refractivity contribution >= 4 is 28.8 Å². The molecule has 0 spiro atoms. The average molecular weight is 398 g/mol. The highest BCUT2D eigenvalue weighted by Gasteiger charge is 2.15. The van der Waals surface area contributed by atoms with E-state index in [-0.39, 0.29) is 18.2 Å². The van der Waals surface area contributed by atoms with E-state index in [9.17, 15) is 9.59 Å². The van der Waals surface area contributed by atoms with Gasteiger partial charge in [-0.2, -0.15) is 0 Å². The predicted octanol–water partition coefficient (Wildman–Crippen LogP) is 4.38. The molecule has 6 nitrogen and oxygen atoms in total. The summed E-state index contributed by atoms with van der Waals surface area (Å²) >= 11 is 0. The molecule has 6 heteroatoms. The van der Waals surface area contributed by atoms with E-state index in [1.807, 2.05) is 67.0 Å². The topological polar surface area (TPSA) is 75.5 Å². The van der Waals surface area contributed by atoms with Gasteiger partial charge in [0.2, 0.25) is 5.91 Å². The van der Waals surface area contributed by atoms with Gasteiger partial charge in [0.25, 0.3) is 5.91 Å². The molecular formula is C24H22N4O2. The standard InChI is InChI=1S/C24H22N4O2/c1-16-7-5-9-18(13-16)26-24(30)20-10-3-4-11-21(20)27-22(29)14-19-15-28-12-6-8-17(2)23(28)25-19/h3-13,15H,14H2,1-2H3,(H,26,30)(H,27,29). The zero-order chi connectivity index (χ0) is 21.1. The van der Waals surface area contributed by atoms with E-state index < -0.39 is 0 Å². The second-order valence-electron chi connectivity index (χ2n) is 7.25. The van der Waals surface area contributed by atoms with Gasteiger partial charge in [-0.05, 0) is 55.3 Å². The van der Waals surface area contributed by atoms with Crippen molar-refractivity contribution in [3.8, 4) is 0 Å². The van der Waals surface area contributed by atoms with Crippen LogP contribution in [0.5, 0.6) is 0 Å². The summed E-state index contributed by atoms with van der Waals surface area (Å²) in [5.41, 5.74) is 5.17. The number of amides is 2. The molecule has 2 heterocycles. The van der Waals surface area contributed by atoms with Crippen molar-refractivity contribution in [2.75, 3.05) is 10.6 Å². The molecule has 4 rings (SSSR count). The first kappa shape index (κ1) is 19.4. The number of benzene rings is 2. The maximum Gasteiger partial charge on any atom is 0.257 e. The number of hydrogen-bond donors (Lipinski definition) is 2. The van der Waals surface area contributed by atoms with Crippen molar-refractivity contribution in [1.29, 1.82) is 0 Å². The van der Waals surface area contributed by atoms with Crippen LogP contribution in [0.1, 0.15) is 27.2 Å². The molecule has 0 radical (unpaired) electrons. The van der Waals surface area contributed by atoms with Crippen LogP contribution in [0, 0.1) is 13.8 Å². The van der Waals surface area contributed by atoms with E-state index in [0.717, 1.165) is 16.8 Å². The number of para-hydroxylation sites is 1. The normalized spacial score (nSPS) is 10.7. The number of fused-ring (bicyclic) bond motifs is 1. The maximum atomic E-state index is 12.8. The van der Waals surface area contributed by atoms with Gasteiger partial charge in [-0.3, -0.25) is 9.59 Å². The SMILES string of the molecule is Cc1cccc(NC(=O)c2ccccc2NC(=O)Cc2cn3cccc(C)c3n2)c1. The Kier molecular flexibility index (Phi) is 5.30. The van der Waals surface area contributed by atoms with Crippen LogP contribution in [-0.2, 0) is 11.2 Å². The molecule has 2 aromatic heterocycles. The third kappa shape index (κ3) is 4.22. The minimum Gasteiger partial charge on any atom is -0.325 e. The smallest absolute Gasteiger partial charge is 0.257 e. The van der Waals surface area contributed by atoms with Gasteiger partial charge < -0.3 is 15.0 Å². The van der Waals surface area contributed by atoms with Crippen LogP contribution in [0.25, 0.3) is 5.65 Å². The Balaban J connectivity index is 1.49. The number of aryl methyl sites for hydroxylation is 2. The van der Waals surface area contributed by atoms with E-state index in [4.69, 9.17) is 0 Å². The Morgan fingerprint density at radius 2 is 1.80 bits per heavy atom. The highest BCUT2D eigenvalue weighted by Crippen LogP contribution is 2.19. The van der Waals surface area contributed by atoms with Crippen LogP contribution in [-0.4, -0.2) is 21.2 Å². The van der Waals surface area contributed by atoms with E-state index in [1.54, 1.807) is 24.3 Å². The van der Waals surface area contributed by atoms with E-state index in [0.29, 0.717) is 22.6 Å². The number of pyridine rings is 1. The largest absolute Gasteiger partial charge is 0.325 e. The summed E-state index contributed by atoms with van der Waals surface area (Å²) in [4.78, 5) is 29.9. The number of carbonyl (C=O) groups is 2. The quantitative estimate of drug-likeness (QED) is 0.524. The number of nitrogens with one attached hydrogen (secondary N) is 2. The van der Waals surface area contributed by atoms with Gasteiger partial charge in [-0.15, -0.1) is 0 Å². The molecule has 0 fully saturated rings. The Bertz CT molecular complexity index is 1240. The lowest BCUT2D eigenvalue weighted by atomic mass is 10.1. The van der Waals surface area contributed by atoms with Gasteiger partial charge in [0.15, 0.2) is 0 Å². The molecule has 0 atom stereocenters. The minimum atomic E-state index is -0.278. The predicted molar refractivity (Wildman–Crippen MR) is 118 cm³/mol. The molecule has 2 aromatic carbocycles. The number of hydrogen-bond acceptors (Lipinski definition) is 3. The summed E-state index contributed by atoms with van der Waals surface area (Å²) in [6.45, 7) is 3.94. The molecule has 4 aromatic rings. The van der Waals surface area contributed by atoms with Gasteiger partial charge in [-0.25, -0.2) is 4.98 Å². The molecular weight excluding hydrogens is 376 g/mol. The first-order valence-corrected chi connectivity index (χ1v) is 9.70.